The molecule has 0 aromatic heterocycles. The summed E-state index contributed by atoms with van der Waals surface area (Å²) in [5, 5.41) is 9.95. The summed E-state index contributed by atoms with van der Waals surface area (Å²) in [6.07, 6.45) is 1.73. The predicted molar refractivity (Wildman–Crippen MR) is 105 cm³/mol. The van der Waals surface area contributed by atoms with Crippen LogP contribution in [0.2, 0.25) is 10.0 Å². The van der Waals surface area contributed by atoms with E-state index in [9.17, 15) is 4.79 Å². The summed E-state index contributed by atoms with van der Waals surface area (Å²) in [6.45, 7) is 1.56. The van der Waals surface area contributed by atoms with Gasteiger partial charge in [0, 0.05) is 18.0 Å². The van der Waals surface area contributed by atoms with Crippen LogP contribution in [0, 0.1) is 0 Å². The molecular weight excluding hydrogens is 393 g/mol. The molecule has 0 aliphatic carbocycles. The normalized spacial score (nSPS) is 15.8. The lowest BCUT2D eigenvalue weighted by molar-refractivity contribution is -0.138. The highest BCUT2D eigenvalue weighted by molar-refractivity contribution is 7.99. The fourth-order valence-corrected chi connectivity index (χ4v) is 4.15. The first kappa shape index (κ1) is 19.4. The molecule has 1 aliphatic heterocycles. The van der Waals surface area contributed by atoms with Gasteiger partial charge in [0.05, 0.1) is 21.5 Å². The van der Waals surface area contributed by atoms with Crippen LogP contribution in [-0.4, -0.2) is 41.7 Å². The molecule has 0 radical (unpaired) electrons. The Bertz CT molecular complexity index is 779. The average Bonchev–Trinajstić information content (AvgIpc) is 2.61. The zero-order valence-electron chi connectivity index (χ0n) is 14.0. The van der Waals surface area contributed by atoms with E-state index in [2.05, 4.69) is 0 Å². The fourth-order valence-electron chi connectivity index (χ4n) is 2.86. The molecule has 0 saturated carbocycles. The van der Waals surface area contributed by atoms with Gasteiger partial charge in [0.15, 0.2) is 0 Å². The number of benzene rings is 2. The molecule has 7 heteroatoms. The van der Waals surface area contributed by atoms with E-state index >= 15 is 0 Å². The molecule has 1 heterocycles. The van der Waals surface area contributed by atoms with Gasteiger partial charge in [-0.1, -0.05) is 47.1 Å². The summed E-state index contributed by atoms with van der Waals surface area (Å²) in [5.74, 6) is 0.0491. The molecule has 26 heavy (non-hydrogen) atoms. The average molecular weight is 412 g/mol. The van der Waals surface area contributed by atoms with Gasteiger partial charge in [-0.15, -0.1) is 0 Å². The number of carboxylic acid groups (broad SMARTS) is 1. The molecule has 0 amide bonds. The van der Waals surface area contributed by atoms with Crippen molar-refractivity contribution in [3.05, 3.63) is 52.5 Å². The fraction of sp³-hybridized carbons (Fsp3) is 0.316. The van der Waals surface area contributed by atoms with E-state index in [-0.39, 0.29) is 12.6 Å². The van der Waals surface area contributed by atoms with Gasteiger partial charge in [-0.3, -0.25) is 9.69 Å². The Hall–Kier alpha value is -1.40. The van der Waals surface area contributed by atoms with Crippen molar-refractivity contribution in [2.24, 2.45) is 0 Å². The Balaban J connectivity index is 1.64. The number of ether oxygens (including phenoxy) is 1. The van der Waals surface area contributed by atoms with Crippen molar-refractivity contribution in [3.8, 4) is 5.75 Å². The largest absolute Gasteiger partial charge is 0.489 e. The van der Waals surface area contributed by atoms with Gasteiger partial charge in [-0.2, -0.15) is 0 Å². The number of likely N-dealkylation sites (tertiary alicyclic amines) is 1. The van der Waals surface area contributed by atoms with Crippen molar-refractivity contribution in [2.45, 2.75) is 28.7 Å². The molecular formula is C19H19Cl2NO3S. The predicted octanol–water partition coefficient (Wildman–Crippen LogP) is 5.07. The highest BCUT2D eigenvalue weighted by Crippen LogP contribution is 2.38. The van der Waals surface area contributed by atoms with Crippen LogP contribution in [-0.2, 0) is 4.79 Å². The third-order valence-corrected chi connectivity index (χ3v) is 5.94. The second-order valence-corrected chi connectivity index (χ2v) is 8.04. The van der Waals surface area contributed by atoms with Crippen molar-refractivity contribution in [3.63, 3.8) is 0 Å². The topological polar surface area (TPSA) is 49.8 Å². The zero-order chi connectivity index (χ0) is 18.5. The summed E-state index contributed by atoms with van der Waals surface area (Å²) in [4.78, 5) is 14.8. The summed E-state index contributed by atoms with van der Waals surface area (Å²) < 4.78 is 6.21. The Kier molecular flexibility index (Phi) is 6.70. The van der Waals surface area contributed by atoms with Crippen molar-refractivity contribution in [1.82, 2.24) is 4.90 Å². The maximum absolute atomic E-state index is 10.8. The first-order valence-electron chi connectivity index (χ1n) is 8.34. The van der Waals surface area contributed by atoms with Gasteiger partial charge in [-0.05, 0) is 43.2 Å². The maximum Gasteiger partial charge on any atom is 0.317 e. The molecule has 1 fully saturated rings. The van der Waals surface area contributed by atoms with E-state index < -0.39 is 5.97 Å². The molecule has 3 rings (SSSR count). The minimum atomic E-state index is -0.785. The summed E-state index contributed by atoms with van der Waals surface area (Å²) in [6, 6.07) is 13.5. The lowest BCUT2D eigenvalue weighted by atomic mass is 10.1. The molecule has 2 aromatic carbocycles. The van der Waals surface area contributed by atoms with Crippen LogP contribution in [0.3, 0.4) is 0 Å². The number of halogens is 2. The van der Waals surface area contributed by atoms with Crippen LogP contribution < -0.4 is 4.74 Å². The van der Waals surface area contributed by atoms with E-state index in [0.29, 0.717) is 10.0 Å². The Labute approximate surface area is 167 Å². The van der Waals surface area contributed by atoms with E-state index in [4.69, 9.17) is 33.0 Å². The van der Waals surface area contributed by atoms with Crippen molar-refractivity contribution >= 4 is 40.9 Å². The standard InChI is InChI=1S/C19H19Cl2NO3S/c20-15-6-5-14(11-16(15)21)26-18-4-2-1-3-17(18)25-13-7-9-22(10-8-13)12-19(23)24/h1-6,11,13H,7-10,12H2,(H,23,24). The second kappa shape index (κ2) is 9.00. The van der Waals surface area contributed by atoms with Crippen LogP contribution in [0.1, 0.15) is 12.8 Å². The lowest BCUT2D eigenvalue weighted by Crippen LogP contribution is -2.40. The SMILES string of the molecule is O=C(O)CN1CCC(Oc2ccccc2Sc2ccc(Cl)c(Cl)c2)CC1. The first-order chi connectivity index (χ1) is 12.5. The number of aliphatic carboxylic acids is 1. The molecule has 2 aromatic rings. The summed E-state index contributed by atoms with van der Waals surface area (Å²) >= 11 is 13.7. The number of carbonyl (C=O) groups is 1. The molecule has 1 aliphatic rings. The Morgan fingerprint density at radius 3 is 2.58 bits per heavy atom. The van der Waals surface area contributed by atoms with Gasteiger partial charge >= 0.3 is 5.97 Å². The Morgan fingerprint density at radius 1 is 1.15 bits per heavy atom. The van der Waals surface area contributed by atoms with E-state index in [1.54, 1.807) is 17.8 Å². The number of carboxylic acids is 1. The minimum Gasteiger partial charge on any atom is -0.489 e. The number of piperidine rings is 1. The van der Waals surface area contributed by atoms with E-state index in [1.165, 1.54) is 0 Å². The van der Waals surface area contributed by atoms with Crippen LogP contribution in [0.5, 0.6) is 5.75 Å². The number of nitrogens with zero attached hydrogens (tertiary/aromatic N) is 1. The van der Waals surface area contributed by atoms with Crippen LogP contribution in [0.4, 0.5) is 0 Å². The monoisotopic (exact) mass is 411 g/mol. The molecule has 0 unspecified atom stereocenters. The van der Waals surface area contributed by atoms with Gasteiger partial charge in [0.1, 0.15) is 11.9 Å². The smallest absolute Gasteiger partial charge is 0.317 e. The highest BCUT2D eigenvalue weighted by atomic mass is 35.5. The van der Waals surface area contributed by atoms with Gasteiger partial charge in [-0.25, -0.2) is 0 Å². The van der Waals surface area contributed by atoms with Crippen molar-refractivity contribution < 1.29 is 14.6 Å². The van der Waals surface area contributed by atoms with Crippen LogP contribution in [0.15, 0.2) is 52.3 Å². The van der Waals surface area contributed by atoms with Crippen LogP contribution in [0.25, 0.3) is 0 Å². The Morgan fingerprint density at radius 2 is 1.88 bits per heavy atom. The number of rotatable bonds is 6. The minimum absolute atomic E-state index is 0.0931. The molecule has 1 N–H and O–H groups in total. The number of hydrogen-bond donors (Lipinski definition) is 1. The number of para-hydroxylation sites is 1. The molecule has 0 spiro atoms. The maximum atomic E-state index is 10.8. The molecule has 138 valence electrons. The quantitative estimate of drug-likeness (QED) is 0.718. The van der Waals surface area contributed by atoms with Gasteiger partial charge < -0.3 is 9.84 Å². The summed E-state index contributed by atoms with van der Waals surface area (Å²) in [5.41, 5.74) is 0. The lowest BCUT2D eigenvalue weighted by Gasteiger charge is -2.31. The van der Waals surface area contributed by atoms with E-state index in [1.807, 2.05) is 41.3 Å². The third kappa shape index (κ3) is 5.30. The van der Waals surface area contributed by atoms with Crippen molar-refractivity contribution in [1.29, 1.82) is 0 Å². The van der Waals surface area contributed by atoms with E-state index in [0.717, 1.165) is 41.5 Å². The second-order valence-electron chi connectivity index (χ2n) is 6.11. The molecule has 0 atom stereocenters. The van der Waals surface area contributed by atoms with Gasteiger partial charge in [0.2, 0.25) is 0 Å². The molecule has 1 saturated heterocycles. The zero-order valence-corrected chi connectivity index (χ0v) is 16.4. The third-order valence-electron chi connectivity index (χ3n) is 4.16. The van der Waals surface area contributed by atoms with Crippen LogP contribution >= 0.6 is 35.0 Å². The number of hydrogen-bond acceptors (Lipinski definition) is 4. The van der Waals surface area contributed by atoms with Gasteiger partial charge in [0.25, 0.3) is 0 Å². The van der Waals surface area contributed by atoms with Crippen molar-refractivity contribution in [2.75, 3.05) is 19.6 Å². The molecule has 0 bridgehead atoms. The first-order valence-corrected chi connectivity index (χ1v) is 9.91. The molecule has 4 nitrogen and oxygen atoms in total. The summed E-state index contributed by atoms with van der Waals surface area (Å²) in [7, 11) is 0. The highest BCUT2D eigenvalue weighted by Gasteiger charge is 2.22.